The molecule has 2 unspecified atom stereocenters. The zero-order chi connectivity index (χ0) is 15.4. The van der Waals surface area contributed by atoms with Crippen LogP contribution in [0.2, 0.25) is 0 Å². The first-order valence-corrected chi connectivity index (χ1v) is 7.14. The molecular weight excluding hydrogens is 262 g/mol. The quantitative estimate of drug-likeness (QED) is 0.909. The van der Waals surface area contributed by atoms with Crippen LogP contribution in [0.1, 0.15) is 29.7 Å². The fraction of sp³-hybridized carbons (Fsp3) is 0.333. The van der Waals surface area contributed by atoms with E-state index in [1.165, 1.54) is 5.56 Å². The van der Waals surface area contributed by atoms with Gasteiger partial charge in [0.2, 0.25) is 0 Å². The molecule has 0 radical (unpaired) electrons. The molecule has 0 bridgehead atoms. The Balaban J connectivity index is 2.13. The van der Waals surface area contributed by atoms with Crippen molar-refractivity contribution in [3.63, 3.8) is 0 Å². The molecule has 0 heterocycles. The van der Waals surface area contributed by atoms with E-state index in [4.69, 9.17) is 15.2 Å². The van der Waals surface area contributed by atoms with E-state index in [1.807, 2.05) is 44.2 Å². The summed E-state index contributed by atoms with van der Waals surface area (Å²) in [5.41, 5.74) is 9.72. The Hall–Kier alpha value is -2.00. The number of benzene rings is 2. The van der Waals surface area contributed by atoms with Gasteiger partial charge in [-0.2, -0.15) is 0 Å². The third kappa shape index (κ3) is 3.76. The molecule has 21 heavy (non-hydrogen) atoms. The molecule has 3 heteroatoms. The molecule has 0 aromatic heterocycles. The molecule has 0 saturated heterocycles. The van der Waals surface area contributed by atoms with Crippen molar-refractivity contribution in [1.29, 1.82) is 0 Å². The highest BCUT2D eigenvalue weighted by atomic mass is 16.5. The fourth-order valence-corrected chi connectivity index (χ4v) is 2.21. The molecule has 2 aromatic rings. The van der Waals surface area contributed by atoms with Crippen molar-refractivity contribution in [3.8, 4) is 11.5 Å². The SMILES string of the molecule is COc1cc(C)ccc1OC(C)C(N)c1ccc(C)cc1. The number of methoxy groups -OCH3 is 1. The van der Waals surface area contributed by atoms with Gasteiger partial charge < -0.3 is 15.2 Å². The fourth-order valence-electron chi connectivity index (χ4n) is 2.21. The minimum absolute atomic E-state index is 0.149. The van der Waals surface area contributed by atoms with Crippen LogP contribution in [0.4, 0.5) is 0 Å². The topological polar surface area (TPSA) is 44.5 Å². The van der Waals surface area contributed by atoms with Crippen LogP contribution >= 0.6 is 0 Å². The maximum Gasteiger partial charge on any atom is 0.161 e. The number of rotatable bonds is 5. The maximum atomic E-state index is 6.29. The molecule has 0 aliphatic carbocycles. The Kier molecular flexibility index (Phi) is 4.86. The number of nitrogens with two attached hydrogens (primary N) is 1. The highest BCUT2D eigenvalue weighted by Crippen LogP contribution is 2.30. The second kappa shape index (κ2) is 6.64. The summed E-state index contributed by atoms with van der Waals surface area (Å²) in [5, 5.41) is 0. The van der Waals surface area contributed by atoms with Crippen LogP contribution in [0.3, 0.4) is 0 Å². The smallest absolute Gasteiger partial charge is 0.161 e. The lowest BCUT2D eigenvalue weighted by atomic mass is 10.0. The monoisotopic (exact) mass is 285 g/mol. The third-order valence-corrected chi connectivity index (χ3v) is 3.60. The Morgan fingerprint density at radius 3 is 2.14 bits per heavy atom. The van der Waals surface area contributed by atoms with Crippen molar-refractivity contribution in [2.24, 2.45) is 5.73 Å². The highest BCUT2D eigenvalue weighted by Gasteiger charge is 2.18. The van der Waals surface area contributed by atoms with Crippen LogP contribution in [0.15, 0.2) is 42.5 Å². The van der Waals surface area contributed by atoms with Gasteiger partial charge in [-0.3, -0.25) is 0 Å². The number of hydrogen-bond donors (Lipinski definition) is 1. The molecule has 0 fully saturated rings. The van der Waals surface area contributed by atoms with Gasteiger partial charge in [0.1, 0.15) is 6.10 Å². The number of aryl methyl sites for hydroxylation is 2. The summed E-state index contributed by atoms with van der Waals surface area (Å²) in [4.78, 5) is 0. The van der Waals surface area contributed by atoms with Gasteiger partial charge in [0.05, 0.1) is 13.2 Å². The second-order valence-electron chi connectivity index (χ2n) is 5.41. The standard InChI is InChI=1S/C18H23NO2/c1-12-5-8-15(9-6-12)18(19)14(3)21-16-10-7-13(2)11-17(16)20-4/h5-11,14,18H,19H2,1-4H3. The highest BCUT2D eigenvalue weighted by molar-refractivity contribution is 5.42. The normalized spacial score (nSPS) is 13.6. The van der Waals surface area contributed by atoms with E-state index in [2.05, 4.69) is 19.1 Å². The van der Waals surface area contributed by atoms with Gasteiger partial charge in [-0.1, -0.05) is 35.9 Å². The van der Waals surface area contributed by atoms with Gasteiger partial charge in [0, 0.05) is 0 Å². The first kappa shape index (κ1) is 15.4. The molecule has 0 aliphatic heterocycles. The largest absolute Gasteiger partial charge is 0.493 e. The Morgan fingerprint density at radius 2 is 1.52 bits per heavy atom. The van der Waals surface area contributed by atoms with Gasteiger partial charge in [0.15, 0.2) is 11.5 Å². The molecule has 2 N–H and O–H groups in total. The minimum Gasteiger partial charge on any atom is -0.493 e. The Bertz CT molecular complexity index is 593. The molecule has 2 aromatic carbocycles. The minimum atomic E-state index is -0.184. The van der Waals surface area contributed by atoms with E-state index in [1.54, 1.807) is 7.11 Å². The van der Waals surface area contributed by atoms with E-state index in [-0.39, 0.29) is 12.1 Å². The van der Waals surface area contributed by atoms with Crippen LogP contribution in [-0.4, -0.2) is 13.2 Å². The van der Waals surface area contributed by atoms with Crippen molar-refractivity contribution in [2.75, 3.05) is 7.11 Å². The zero-order valence-corrected chi connectivity index (χ0v) is 13.1. The maximum absolute atomic E-state index is 6.29. The Labute approximate surface area is 126 Å². The molecule has 112 valence electrons. The van der Waals surface area contributed by atoms with E-state index < -0.39 is 0 Å². The predicted octanol–water partition coefficient (Wildman–Crippen LogP) is 3.78. The molecular formula is C18H23NO2. The second-order valence-corrected chi connectivity index (χ2v) is 5.41. The lowest BCUT2D eigenvalue weighted by Crippen LogP contribution is -2.28. The summed E-state index contributed by atoms with van der Waals surface area (Å²) in [7, 11) is 1.65. The number of hydrogen-bond acceptors (Lipinski definition) is 3. The molecule has 0 aliphatic rings. The van der Waals surface area contributed by atoms with Crippen LogP contribution in [0.25, 0.3) is 0 Å². The van der Waals surface area contributed by atoms with Crippen molar-refractivity contribution < 1.29 is 9.47 Å². The molecule has 3 nitrogen and oxygen atoms in total. The molecule has 2 rings (SSSR count). The van der Waals surface area contributed by atoms with Crippen LogP contribution < -0.4 is 15.2 Å². The molecule has 2 atom stereocenters. The summed E-state index contributed by atoms with van der Waals surface area (Å²) in [6.45, 7) is 6.06. The van der Waals surface area contributed by atoms with Crippen LogP contribution in [0.5, 0.6) is 11.5 Å². The summed E-state index contributed by atoms with van der Waals surface area (Å²) in [6.07, 6.45) is -0.149. The van der Waals surface area contributed by atoms with Crippen LogP contribution in [-0.2, 0) is 0 Å². The van der Waals surface area contributed by atoms with E-state index in [0.29, 0.717) is 0 Å². The third-order valence-electron chi connectivity index (χ3n) is 3.60. The van der Waals surface area contributed by atoms with Gasteiger partial charge in [0.25, 0.3) is 0 Å². The van der Waals surface area contributed by atoms with Crippen LogP contribution in [0, 0.1) is 13.8 Å². The van der Waals surface area contributed by atoms with E-state index in [9.17, 15) is 0 Å². The van der Waals surface area contributed by atoms with Crippen molar-refractivity contribution in [3.05, 3.63) is 59.2 Å². The van der Waals surface area contributed by atoms with Gasteiger partial charge in [-0.25, -0.2) is 0 Å². The van der Waals surface area contributed by atoms with E-state index in [0.717, 1.165) is 22.6 Å². The summed E-state index contributed by atoms with van der Waals surface area (Å²) < 4.78 is 11.4. The van der Waals surface area contributed by atoms with Crippen molar-refractivity contribution in [2.45, 2.75) is 32.9 Å². The zero-order valence-electron chi connectivity index (χ0n) is 13.1. The average Bonchev–Trinajstić information content (AvgIpc) is 2.49. The summed E-state index contributed by atoms with van der Waals surface area (Å²) in [5.74, 6) is 1.45. The van der Waals surface area contributed by atoms with Crippen molar-refractivity contribution in [1.82, 2.24) is 0 Å². The average molecular weight is 285 g/mol. The summed E-state index contributed by atoms with van der Waals surface area (Å²) in [6, 6.07) is 13.9. The van der Waals surface area contributed by atoms with Gasteiger partial charge in [-0.15, -0.1) is 0 Å². The Morgan fingerprint density at radius 1 is 0.905 bits per heavy atom. The summed E-state index contributed by atoms with van der Waals surface area (Å²) >= 11 is 0. The van der Waals surface area contributed by atoms with Crippen molar-refractivity contribution >= 4 is 0 Å². The lowest BCUT2D eigenvalue weighted by molar-refractivity contribution is 0.183. The van der Waals surface area contributed by atoms with E-state index >= 15 is 0 Å². The predicted molar refractivity (Wildman–Crippen MR) is 85.9 cm³/mol. The molecule has 0 amide bonds. The molecule has 0 spiro atoms. The van der Waals surface area contributed by atoms with Gasteiger partial charge >= 0.3 is 0 Å². The number of ether oxygens (including phenoxy) is 2. The molecule has 0 saturated carbocycles. The van der Waals surface area contributed by atoms with Gasteiger partial charge in [-0.05, 0) is 44.0 Å². The first-order chi connectivity index (χ1) is 10.0. The lowest BCUT2D eigenvalue weighted by Gasteiger charge is -2.23. The first-order valence-electron chi connectivity index (χ1n) is 7.14.